The van der Waals surface area contributed by atoms with Gasteiger partial charge in [0.2, 0.25) is 11.8 Å². The number of nitrogens with one attached hydrogen (secondary N) is 2. The number of benzene rings is 2. The van der Waals surface area contributed by atoms with Gasteiger partial charge in [0.1, 0.15) is 5.82 Å². The summed E-state index contributed by atoms with van der Waals surface area (Å²) in [5.41, 5.74) is 1.11. The number of hydrogen-bond donors (Lipinski definition) is 2. The Morgan fingerprint density at radius 1 is 0.963 bits per heavy atom. The first kappa shape index (κ1) is 20.4. The summed E-state index contributed by atoms with van der Waals surface area (Å²) in [5, 5.41) is 5.26. The van der Waals surface area contributed by atoms with Crippen molar-refractivity contribution >= 4 is 40.9 Å². The summed E-state index contributed by atoms with van der Waals surface area (Å²) >= 11 is 1.12. The van der Waals surface area contributed by atoms with Gasteiger partial charge in [0.05, 0.1) is 29.4 Å². The molecule has 2 amide bonds. The summed E-state index contributed by atoms with van der Waals surface area (Å²) in [4.78, 5) is 35.8. The van der Waals surface area contributed by atoms with Crippen molar-refractivity contribution in [1.29, 1.82) is 0 Å². The van der Waals surface area contributed by atoms with Crippen molar-refractivity contribution in [1.82, 2.24) is 0 Å². The number of halogens is 1. The minimum Gasteiger partial charge on any atom is -0.462 e. The van der Waals surface area contributed by atoms with Crippen LogP contribution in [0.25, 0.3) is 0 Å². The standard InChI is InChI=1S/C19H19FN2O4S/c1-2-26-19(25)15-5-3-4-6-16(15)22-18(24)12-27-11-17(23)21-14-9-7-13(20)8-10-14/h3-10H,2,11-12H2,1H3,(H,21,23)(H,22,24). The van der Waals surface area contributed by atoms with E-state index >= 15 is 0 Å². The molecule has 0 aliphatic heterocycles. The molecule has 0 aliphatic rings. The smallest absolute Gasteiger partial charge is 0.340 e. The zero-order chi connectivity index (χ0) is 19.6. The van der Waals surface area contributed by atoms with E-state index in [-0.39, 0.29) is 41.3 Å². The Labute approximate surface area is 160 Å². The quantitative estimate of drug-likeness (QED) is 0.676. The van der Waals surface area contributed by atoms with Gasteiger partial charge < -0.3 is 15.4 Å². The van der Waals surface area contributed by atoms with E-state index in [0.29, 0.717) is 11.4 Å². The topological polar surface area (TPSA) is 84.5 Å². The molecule has 142 valence electrons. The molecule has 0 fully saturated rings. The highest BCUT2D eigenvalue weighted by Crippen LogP contribution is 2.17. The maximum atomic E-state index is 12.8. The number of esters is 1. The van der Waals surface area contributed by atoms with Gasteiger partial charge in [-0.2, -0.15) is 0 Å². The molecule has 2 aromatic rings. The highest BCUT2D eigenvalue weighted by atomic mass is 32.2. The molecule has 0 atom stereocenters. The van der Waals surface area contributed by atoms with Gasteiger partial charge in [0.15, 0.2) is 0 Å². The van der Waals surface area contributed by atoms with Crippen molar-refractivity contribution in [3.05, 3.63) is 59.9 Å². The van der Waals surface area contributed by atoms with E-state index in [0.717, 1.165) is 11.8 Å². The van der Waals surface area contributed by atoms with Gasteiger partial charge in [-0.15, -0.1) is 11.8 Å². The highest BCUT2D eigenvalue weighted by Gasteiger charge is 2.14. The molecular weight excluding hydrogens is 371 g/mol. The number of anilines is 2. The van der Waals surface area contributed by atoms with Crippen molar-refractivity contribution < 1.29 is 23.5 Å². The summed E-state index contributed by atoms with van der Waals surface area (Å²) in [6, 6.07) is 12.0. The maximum Gasteiger partial charge on any atom is 0.340 e. The number of ether oxygens (including phenoxy) is 1. The average molecular weight is 390 g/mol. The van der Waals surface area contributed by atoms with Crippen molar-refractivity contribution in [2.24, 2.45) is 0 Å². The Morgan fingerprint density at radius 2 is 1.59 bits per heavy atom. The number of carbonyl (C=O) groups excluding carboxylic acids is 3. The molecule has 6 nitrogen and oxygen atoms in total. The summed E-state index contributed by atoms with van der Waals surface area (Å²) < 4.78 is 17.8. The Hall–Kier alpha value is -2.87. The van der Waals surface area contributed by atoms with Crippen LogP contribution in [0.5, 0.6) is 0 Å². The van der Waals surface area contributed by atoms with Gasteiger partial charge in [0.25, 0.3) is 0 Å². The number of hydrogen-bond acceptors (Lipinski definition) is 5. The fourth-order valence-electron chi connectivity index (χ4n) is 2.13. The average Bonchev–Trinajstić information content (AvgIpc) is 2.64. The van der Waals surface area contributed by atoms with Gasteiger partial charge in [0, 0.05) is 5.69 Å². The van der Waals surface area contributed by atoms with E-state index < -0.39 is 5.97 Å². The molecule has 0 heterocycles. The van der Waals surface area contributed by atoms with E-state index in [1.54, 1.807) is 31.2 Å². The fraction of sp³-hybridized carbons (Fsp3) is 0.211. The zero-order valence-corrected chi connectivity index (χ0v) is 15.5. The molecule has 0 aliphatic carbocycles. The van der Waals surface area contributed by atoms with Crippen LogP contribution in [0.15, 0.2) is 48.5 Å². The molecule has 2 rings (SSSR count). The lowest BCUT2D eigenvalue weighted by Gasteiger charge is -2.10. The van der Waals surface area contributed by atoms with Gasteiger partial charge >= 0.3 is 5.97 Å². The van der Waals surface area contributed by atoms with Crippen LogP contribution in [0, 0.1) is 5.82 Å². The Bertz CT molecular complexity index is 812. The van der Waals surface area contributed by atoms with Gasteiger partial charge in [-0.25, -0.2) is 9.18 Å². The molecule has 27 heavy (non-hydrogen) atoms. The van der Waals surface area contributed by atoms with Crippen LogP contribution in [-0.2, 0) is 14.3 Å². The zero-order valence-electron chi connectivity index (χ0n) is 14.7. The lowest BCUT2D eigenvalue weighted by atomic mass is 10.2. The largest absolute Gasteiger partial charge is 0.462 e. The second-order valence-corrected chi connectivity index (χ2v) is 6.35. The molecule has 0 saturated carbocycles. The van der Waals surface area contributed by atoms with Crippen LogP contribution in [-0.4, -0.2) is 35.9 Å². The third-order valence-corrected chi connectivity index (χ3v) is 4.22. The van der Waals surface area contributed by atoms with Crippen LogP contribution >= 0.6 is 11.8 Å². The second kappa shape index (κ2) is 10.3. The van der Waals surface area contributed by atoms with Crippen LogP contribution in [0.2, 0.25) is 0 Å². The molecule has 0 unspecified atom stereocenters. The molecular formula is C19H19FN2O4S. The van der Waals surface area contributed by atoms with Gasteiger partial charge in [-0.05, 0) is 43.3 Å². The van der Waals surface area contributed by atoms with Crippen LogP contribution < -0.4 is 10.6 Å². The molecule has 2 N–H and O–H groups in total. The third-order valence-electron chi connectivity index (χ3n) is 3.29. The van der Waals surface area contributed by atoms with E-state index in [1.807, 2.05) is 0 Å². The highest BCUT2D eigenvalue weighted by molar-refractivity contribution is 8.00. The van der Waals surface area contributed by atoms with Crippen molar-refractivity contribution in [2.75, 3.05) is 28.7 Å². The van der Waals surface area contributed by atoms with E-state index in [1.165, 1.54) is 24.3 Å². The van der Waals surface area contributed by atoms with E-state index in [9.17, 15) is 18.8 Å². The van der Waals surface area contributed by atoms with E-state index in [2.05, 4.69) is 10.6 Å². The summed E-state index contributed by atoms with van der Waals surface area (Å²) in [6.07, 6.45) is 0. The lowest BCUT2D eigenvalue weighted by molar-refractivity contribution is -0.114. The first-order valence-corrected chi connectivity index (χ1v) is 9.34. The number of rotatable bonds is 8. The maximum absolute atomic E-state index is 12.8. The van der Waals surface area contributed by atoms with Crippen LogP contribution in [0.3, 0.4) is 0 Å². The van der Waals surface area contributed by atoms with E-state index in [4.69, 9.17) is 4.74 Å². The van der Waals surface area contributed by atoms with Gasteiger partial charge in [-0.3, -0.25) is 9.59 Å². The number of amides is 2. The van der Waals surface area contributed by atoms with Gasteiger partial charge in [-0.1, -0.05) is 12.1 Å². The Balaban J connectivity index is 1.80. The predicted octanol–water partition coefficient (Wildman–Crippen LogP) is 3.31. The second-order valence-electron chi connectivity index (χ2n) is 5.36. The minimum atomic E-state index is -0.514. The van der Waals surface area contributed by atoms with Crippen LogP contribution in [0.4, 0.5) is 15.8 Å². The fourth-order valence-corrected chi connectivity index (χ4v) is 2.75. The molecule has 0 radical (unpaired) electrons. The monoisotopic (exact) mass is 390 g/mol. The first-order chi connectivity index (χ1) is 13.0. The SMILES string of the molecule is CCOC(=O)c1ccccc1NC(=O)CSCC(=O)Nc1ccc(F)cc1. The predicted molar refractivity (Wildman–Crippen MR) is 103 cm³/mol. The molecule has 0 spiro atoms. The Kier molecular flexibility index (Phi) is 7.81. The van der Waals surface area contributed by atoms with Crippen LogP contribution in [0.1, 0.15) is 17.3 Å². The normalized spacial score (nSPS) is 10.1. The summed E-state index contributed by atoms with van der Waals surface area (Å²) in [5.74, 6) is -1.45. The summed E-state index contributed by atoms with van der Waals surface area (Å²) in [6.45, 7) is 1.94. The van der Waals surface area contributed by atoms with Crippen molar-refractivity contribution in [3.8, 4) is 0 Å². The molecule has 0 aromatic heterocycles. The third kappa shape index (κ3) is 6.74. The number of carbonyl (C=O) groups is 3. The molecule has 2 aromatic carbocycles. The first-order valence-electron chi connectivity index (χ1n) is 8.18. The van der Waals surface area contributed by atoms with Crippen molar-refractivity contribution in [3.63, 3.8) is 0 Å². The number of thioether (sulfide) groups is 1. The molecule has 0 bridgehead atoms. The molecule has 0 saturated heterocycles. The lowest BCUT2D eigenvalue weighted by Crippen LogP contribution is -2.20. The minimum absolute atomic E-state index is 0.0357. The molecule has 8 heteroatoms. The van der Waals surface area contributed by atoms with Crippen molar-refractivity contribution in [2.45, 2.75) is 6.92 Å². The summed E-state index contributed by atoms with van der Waals surface area (Å²) in [7, 11) is 0. The Morgan fingerprint density at radius 3 is 2.26 bits per heavy atom. The number of para-hydroxylation sites is 1.